The Balaban J connectivity index is 1.56. The smallest absolute Gasteiger partial charge is 0.163 e. The molecule has 1 atom stereocenters. The second-order valence-corrected chi connectivity index (χ2v) is 10.6. The van der Waals surface area contributed by atoms with Gasteiger partial charge in [0, 0.05) is 23.1 Å². The van der Waals surface area contributed by atoms with E-state index in [9.17, 15) is 9.90 Å². The molecule has 4 rings (SSSR count). The van der Waals surface area contributed by atoms with Crippen molar-refractivity contribution in [3.05, 3.63) is 77.0 Å². The molecule has 1 aromatic heterocycles. The molecule has 3 aromatic rings. The molecule has 0 aliphatic heterocycles. The molecule has 0 saturated heterocycles. The van der Waals surface area contributed by atoms with Gasteiger partial charge in [0.2, 0.25) is 0 Å². The molecule has 1 aliphatic rings. The molecule has 0 spiro atoms. The molecule has 1 heterocycles. The number of benzene rings is 2. The second kappa shape index (κ2) is 10.0. The number of carbonyl (C=O) groups is 1. The number of methoxy groups -OCH3 is 1. The van der Waals surface area contributed by atoms with Crippen LogP contribution >= 0.6 is 0 Å². The molecule has 190 valence electrons. The molecular formula is C30H36N2O4. The summed E-state index contributed by atoms with van der Waals surface area (Å²) in [6, 6.07) is 17.1. The number of aromatic nitrogens is 1. The van der Waals surface area contributed by atoms with Gasteiger partial charge in [0.05, 0.1) is 24.6 Å². The SMILES string of the molecule is COc1cc(C(=O)CCC(C)(O)c2cc(C(C)(C)N)cc(-c3ccc(C)cc3)n2)ccc1OC1CC1. The maximum atomic E-state index is 13.0. The summed E-state index contributed by atoms with van der Waals surface area (Å²) < 4.78 is 11.3. The van der Waals surface area contributed by atoms with Gasteiger partial charge in [0.25, 0.3) is 0 Å². The Labute approximate surface area is 213 Å². The number of nitrogens with two attached hydrogens (primary N) is 1. The van der Waals surface area contributed by atoms with Crippen molar-refractivity contribution in [2.24, 2.45) is 5.73 Å². The maximum absolute atomic E-state index is 13.0. The van der Waals surface area contributed by atoms with Gasteiger partial charge in [0.1, 0.15) is 5.60 Å². The summed E-state index contributed by atoms with van der Waals surface area (Å²) in [5.74, 6) is 1.11. The number of rotatable bonds is 10. The normalized spacial score (nSPS) is 15.3. The van der Waals surface area contributed by atoms with Crippen LogP contribution in [0.1, 0.15) is 73.6 Å². The van der Waals surface area contributed by atoms with Gasteiger partial charge in [-0.15, -0.1) is 0 Å². The number of ketones is 1. The highest BCUT2D eigenvalue weighted by molar-refractivity contribution is 5.96. The van der Waals surface area contributed by atoms with Crippen LogP contribution in [0.15, 0.2) is 54.6 Å². The number of hydrogen-bond donors (Lipinski definition) is 2. The monoisotopic (exact) mass is 488 g/mol. The highest BCUT2D eigenvalue weighted by Gasteiger charge is 2.29. The molecule has 3 N–H and O–H groups in total. The fourth-order valence-electron chi connectivity index (χ4n) is 3.98. The van der Waals surface area contributed by atoms with Gasteiger partial charge in [-0.2, -0.15) is 0 Å². The lowest BCUT2D eigenvalue weighted by atomic mass is 9.88. The van der Waals surface area contributed by atoms with Gasteiger partial charge in [-0.25, -0.2) is 4.98 Å². The second-order valence-electron chi connectivity index (χ2n) is 10.6. The van der Waals surface area contributed by atoms with Crippen LogP contribution < -0.4 is 15.2 Å². The lowest BCUT2D eigenvalue weighted by molar-refractivity contribution is 0.0396. The van der Waals surface area contributed by atoms with Gasteiger partial charge in [0.15, 0.2) is 17.3 Å². The molecule has 1 saturated carbocycles. The van der Waals surface area contributed by atoms with E-state index in [2.05, 4.69) is 0 Å². The highest BCUT2D eigenvalue weighted by atomic mass is 16.5. The minimum absolute atomic E-state index is 0.0828. The van der Waals surface area contributed by atoms with Crippen molar-refractivity contribution >= 4 is 5.78 Å². The van der Waals surface area contributed by atoms with Crippen LogP contribution in [0.5, 0.6) is 11.5 Å². The van der Waals surface area contributed by atoms with Crippen LogP contribution in [0.3, 0.4) is 0 Å². The van der Waals surface area contributed by atoms with Crippen molar-refractivity contribution in [2.75, 3.05) is 7.11 Å². The zero-order valence-electron chi connectivity index (χ0n) is 21.8. The first-order valence-corrected chi connectivity index (χ1v) is 12.5. The molecule has 0 bridgehead atoms. The first-order valence-electron chi connectivity index (χ1n) is 12.5. The van der Waals surface area contributed by atoms with Crippen LogP contribution in [-0.4, -0.2) is 29.1 Å². The van der Waals surface area contributed by atoms with Crippen LogP contribution in [0.25, 0.3) is 11.3 Å². The number of pyridine rings is 1. The molecule has 0 radical (unpaired) electrons. The van der Waals surface area contributed by atoms with E-state index < -0.39 is 11.1 Å². The Hall–Kier alpha value is -3.22. The number of aliphatic hydroxyl groups is 1. The summed E-state index contributed by atoms with van der Waals surface area (Å²) >= 11 is 0. The summed E-state index contributed by atoms with van der Waals surface area (Å²) in [5, 5.41) is 11.4. The van der Waals surface area contributed by atoms with Gasteiger partial charge in [-0.3, -0.25) is 4.79 Å². The first-order chi connectivity index (χ1) is 17.0. The van der Waals surface area contributed by atoms with E-state index in [1.807, 2.05) is 57.2 Å². The number of hydrogen-bond acceptors (Lipinski definition) is 6. The third-order valence-electron chi connectivity index (χ3n) is 6.61. The van der Waals surface area contributed by atoms with Crippen molar-refractivity contribution in [2.45, 2.75) is 70.6 Å². The predicted octanol–water partition coefficient (Wildman–Crippen LogP) is 5.67. The summed E-state index contributed by atoms with van der Waals surface area (Å²) in [6.45, 7) is 7.58. The molecule has 6 heteroatoms. The Kier molecular flexibility index (Phi) is 7.21. The highest BCUT2D eigenvalue weighted by Crippen LogP contribution is 2.35. The standard InChI is InChI=1S/C30H36N2O4/c1-19-6-8-20(9-7-19)24-17-22(29(2,3)31)18-28(32-24)30(4,34)15-14-25(33)21-10-13-26(27(16-21)35-5)36-23-11-12-23/h6-10,13,16-18,23,34H,11-12,14-15,31H2,1-5H3. The minimum Gasteiger partial charge on any atom is -0.493 e. The molecule has 6 nitrogen and oxygen atoms in total. The van der Waals surface area contributed by atoms with E-state index in [4.69, 9.17) is 20.2 Å². The van der Waals surface area contributed by atoms with Crippen LogP contribution in [-0.2, 0) is 11.1 Å². The van der Waals surface area contributed by atoms with Crippen molar-refractivity contribution in [1.82, 2.24) is 4.98 Å². The number of nitrogens with zero attached hydrogens (tertiary/aromatic N) is 1. The van der Waals surface area contributed by atoms with E-state index in [-0.39, 0.29) is 24.7 Å². The molecule has 1 unspecified atom stereocenters. The Morgan fingerprint density at radius 1 is 1.06 bits per heavy atom. The van der Waals surface area contributed by atoms with E-state index in [1.54, 1.807) is 32.2 Å². The lowest BCUT2D eigenvalue weighted by Gasteiger charge is -2.27. The summed E-state index contributed by atoms with van der Waals surface area (Å²) in [7, 11) is 1.57. The first kappa shape index (κ1) is 25.9. The van der Waals surface area contributed by atoms with Gasteiger partial charge in [-0.05, 0) is 82.9 Å². The molecule has 1 aliphatic carbocycles. The zero-order chi connectivity index (χ0) is 26.1. The van der Waals surface area contributed by atoms with Crippen molar-refractivity contribution < 1.29 is 19.4 Å². The summed E-state index contributed by atoms with van der Waals surface area (Å²) in [5.41, 5.74) is 9.20. The fraction of sp³-hybridized carbons (Fsp3) is 0.400. The van der Waals surface area contributed by atoms with E-state index in [0.29, 0.717) is 22.8 Å². The molecular weight excluding hydrogens is 452 g/mol. The summed E-state index contributed by atoms with van der Waals surface area (Å²) in [4.78, 5) is 17.8. The van der Waals surface area contributed by atoms with Crippen LogP contribution in [0.4, 0.5) is 0 Å². The fourth-order valence-corrected chi connectivity index (χ4v) is 3.98. The third-order valence-corrected chi connectivity index (χ3v) is 6.61. The third kappa shape index (κ3) is 6.12. The van der Waals surface area contributed by atoms with Gasteiger partial charge < -0.3 is 20.3 Å². The molecule has 1 fully saturated rings. The van der Waals surface area contributed by atoms with Crippen molar-refractivity contribution in [3.63, 3.8) is 0 Å². The molecule has 2 aromatic carbocycles. The molecule has 0 amide bonds. The Morgan fingerprint density at radius 3 is 2.36 bits per heavy atom. The maximum Gasteiger partial charge on any atom is 0.163 e. The average molecular weight is 489 g/mol. The van der Waals surface area contributed by atoms with Crippen molar-refractivity contribution in [3.8, 4) is 22.8 Å². The predicted molar refractivity (Wildman–Crippen MR) is 141 cm³/mol. The van der Waals surface area contributed by atoms with E-state index in [0.717, 1.165) is 35.2 Å². The van der Waals surface area contributed by atoms with Crippen molar-refractivity contribution in [1.29, 1.82) is 0 Å². The Bertz CT molecular complexity index is 1240. The largest absolute Gasteiger partial charge is 0.493 e. The van der Waals surface area contributed by atoms with E-state index >= 15 is 0 Å². The Morgan fingerprint density at radius 2 is 1.75 bits per heavy atom. The van der Waals surface area contributed by atoms with Crippen LogP contribution in [0.2, 0.25) is 0 Å². The van der Waals surface area contributed by atoms with E-state index in [1.165, 1.54) is 0 Å². The quantitative estimate of drug-likeness (QED) is 0.357. The number of aryl methyl sites for hydroxylation is 1. The zero-order valence-corrected chi connectivity index (χ0v) is 21.8. The van der Waals surface area contributed by atoms with Gasteiger partial charge in [-0.1, -0.05) is 29.8 Å². The van der Waals surface area contributed by atoms with Gasteiger partial charge >= 0.3 is 0 Å². The number of Topliss-reactive ketones (excluding diaryl/α,β-unsaturated/α-hetero) is 1. The summed E-state index contributed by atoms with van der Waals surface area (Å²) in [6.07, 6.45) is 2.68. The average Bonchev–Trinajstić information content (AvgIpc) is 3.66. The number of carbonyl (C=O) groups excluding carboxylic acids is 1. The lowest BCUT2D eigenvalue weighted by Crippen LogP contribution is -2.31. The minimum atomic E-state index is -1.32. The topological polar surface area (TPSA) is 94.7 Å². The number of ether oxygens (including phenoxy) is 2. The molecule has 36 heavy (non-hydrogen) atoms. The van der Waals surface area contributed by atoms with Crippen LogP contribution in [0, 0.1) is 6.92 Å².